The minimum atomic E-state index is -1.05. The van der Waals surface area contributed by atoms with Gasteiger partial charge in [-0.25, -0.2) is 8.78 Å². The first-order chi connectivity index (χ1) is 13.0. The Bertz CT molecular complexity index is 783. The van der Waals surface area contributed by atoms with Gasteiger partial charge < -0.3 is 9.47 Å². The van der Waals surface area contributed by atoms with E-state index in [0.717, 1.165) is 19.3 Å². The highest BCUT2D eigenvalue weighted by Crippen LogP contribution is 2.36. The number of halogens is 3. The summed E-state index contributed by atoms with van der Waals surface area (Å²) in [6.07, 6.45) is 3.23. The van der Waals surface area contributed by atoms with Crippen molar-refractivity contribution in [2.75, 3.05) is 13.2 Å². The molecule has 0 aromatic heterocycles. The molecule has 1 heterocycles. The predicted molar refractivity (Wildman–Crippen MR) is 99.2 cm³/mol. The third kappa shape index (κ3) is 4.29. The van der Waals surface area contributed by atoms with Crippen LogP contribution in [0.1, 0.15) is 51.2 Å². The Kier molecular flexibility index (Phi) is 6.42. The molecule has 3 rings (SSSR count). The van der Waals surface area contributed by atoms with Gasteiger partial charge in [0.2, 0.25) is 5.82 Å². The highest BCUT2D eigenvalue weighted by atomic mass is 19.2. The lowest BCUT2D eigenvalue weighted by molar-refractivity contribution is -0.0198. The quantitative estimate of drug-likeness (QED) is 0.576. The van der Waals surface area contributed by atoms with Crippen LogP contribution in [-0.2, 0) is 4.74 Å². The fourth-order valence-corrected chi connectivity index (χ4v) is 3.41. The first-order valence-electron chi connectivity index (χ1n) is 9.57. The number of benzene rings is 2. The Morgan fingerprint density at radius 1 is 1.04 bits per heavy atom. The van der Waals surface area contributed by atoms with Crippen LogP contribution >= 0.6 is 0 Å². The van der Waals surface area contributed by atoms with E-state index in [1.165, 1.54) is 18.2 Å². The summed E-state index contributed by atoms with van der Waals surface area (Å²) in [5.41, 5.74) is 0.770. The normalized spacial score (nSPS) is 19.9. The van der Waals surface area contributed by atoms with E-state index in [1.807, 2.05) is 6.92 Å². The summed E-state index contributed by atoms with van der Waals surface area (Å²) in [5, 5.41) is 0. The molecule has 5 heteroatoms. The van der Waals surface area contributed by atoms with Gasteiger partial charge in [0, 0.05) is 11.1 Å². The van der Waals surface area contributed by atoms with Crippen LogP contribution in [0.25, 0.3) is 11.1 Å². The molecule has 2 atom stereocenters. The van der Waals surface area contributed by atoms with E-state index in [2.05, 4.69) is 6.92 Å². The molecule has 0 N–H and O–H groups in total. The van der Waals surface area contributed by atoms with Crippen LogP contribution in [0.4, 0.5) is 13.2 Å². The first kappa shape index (κ1) is 19.7. The molecule has 0 bridgehead atoms. The maximum Gasteiger partial charge on any atom is 0.201 e. The van der Waals surface area contributed by atoms with E-state index in [9.17, 15) is 13.2 Å². The summed E-state index contributed by atoms with van der Waals surface area (Å²) >= 11 is 0. The maximum atomic E-state index is 14.7. The largest absolute Gasteiger partial charge is 0.490 e. The van der Waals surface area contributed by atoms with E-state index in [0.29, 0.717) is 31.1 Å². The van der Waals surface area contributed by atoms with Crippen LogP contribution < -0.4 is 4.74 Å². The monoisotopic (exact) mass is 378 g/mol. The third-order valence-electron chi connectivity index (χ3n) is 5.11. The van der Waals surface area contributed by atoms with Crippen LogP contribution in [0.15, 0.2) is 30.3 Å². The third-order valence-corrected chi connectivity index (χ3v) is 5.11. The summed E-state index contributed by atoms with van der Waals surface area (Å²) in [6.45, 7) is 4.93. The predicted octanol–water partition coefficient (Wildman–Crippen LogP) is 6.44. The number of hydrogen-bond acceptors (Lipinski definition) is 2. The molecule has 2 unspecified atom stereocenters. The van der Waals surface area contributed by atoms with Crippen molar-refractivity contribution in [3.63, 3.8) is 0 Å². The van der Waals surface area contributed by atoms with Gasteiger partial charge in [-0.05, 0) is 48.9 Å². The van der Waals surface area contributed by atoms with Gasteiger partial charge in [-0.15, -0.1) is 0 Å². The molecule has 2 aromatic carbocycles. The molecule has 0 spiro atoms. The van der Waals surface area contributed by atoms with Crippen LogP contribution in [0.2, 0.25) is 0 Å². The Morgan fingerprint density at radius 3 is 2.48 bits per heavy atom. The molecule has 1 aliphatic heterocycles. The smallest absolute Gasteiger partial charge is 0.201 e. The Hall–Kier alpha value is -2.01. The van der Waals surface area contributed by atoms with Crippen molar-refractivity contribution in [1.82, 2.24) is 0 Å². The van der Waals surface area contributed by atoms with Gasteiger partial charge in [0.1, 0.15) is 5.82 Å². The number of ether oxygens (including phenoxy) is 2. The van der Waals surface area contributed by atoms with Gasteiger partial charge in [0.25, 0.3) is 0 Å². The molecular weight excluding hydrogens is 353 g/mol. The molecule has 1 aliphatic rings. The average molecular weight is 378 g/mol. The second-order valence-electron chi connectivity index (χ2n) is 7.00. The number of rotatable bonds is 6. The van der Waals surface area contributed by atoms with Crippen LogP contribution in [0.3, 0.4) is 0 Å². The summed E-state index contributed by atoms with van der Waals surface area (Å²) in [7, 11) is 0. The molecule has 2 nitrogen and oxygen atoms in total. The van der Waals surface area contributed by atoms with Gasteiger partial charge in [0.15, 0.2) is 11.6 Å². The summed E-state index contributed by atoms with van der Waals surface area (Å²) < 4.78 is 54.3. The zero-order valence-corrected chi connectivity index (χ0v) is 15.7. The SMILES string of the molecule is CCCOc1ccc(-c2ccc(C3CCC(CC)CO3)c(F)c2)c(F)c1F. The zero-order valence-electron chi connectivity index (χ0n) is 15.7. The van der Waals surface area contributed by atoms with Crippen molar-refractivity contribution >= 4 is 0 Å². The van der Waals surface area contributed by atoms with Crippen molar-refractivity contribution < 1.29 is 22.6 Å². The highest BCUT2D eigenvalue weighted by molar-refractivity contribution is 5.66. The molecule has 146 valence electrons. The standard InChI is InChI=1S/C22H25F3O2/c1-3-11-26-20-10-8-16(21(24)22(20)25)15-6-7-17(18(23)12-15)19-9-5-14(4-2)13-27-19/h6-8,10,12,14,19H,3-5,9,11,13H2,1-2H3. The van der Waals surface area contributed by atoms with Crippen molar-refractivity contribution in [3.05, 3.63) is 53.3 Å². The Balaban J connectivity index is 1.82. The van der Waals surface area contributed by atoms with Crippen LogP contribution in [0, 0.1) is 23.4 Å². The molecule has 0 amide bonds. The van der Waals surface area contributed by atoms with Gasteiger partial charge >= 0.3 is 0 Å². The van der Waals surface area contributed by atoms with E-state index in [1.54, 1.807) is 12.1 Å². The topological polar surface area (TPSA) is 18.5 Å². The lowest BCUT2D eigenvalue weighted by Gasteiger charge is -2.29. The van der Waals surface area contributed by atoms with Crippen LogP contribution in [0.5, 0.6) is 5.75 Å². The van der Waals surface area contributed by atoms with Gasteiger partial charge in [0.05, 0.1) is 19.3 Å². The van der Waals surface area contributed by atoms with E-state index >= 15 is 0 Å². The second-order valence-corrected chi connectivity index (χ2v) is 7.00. The molecule has 0 saturated carbocycles. The van der Waals surface area contributed by atoms with Crippen molar-refractivity contribution in [1.29, 1.82) is 0 Å². The van der Waals surface area contributed by atoms with E-state index < -0.39 is 17.5 Å². The van der Waals surface area contributed by atoms with Crippen molar-refractivity contribution in [2.24, 2.45) is 5.92 Å². The fraction of sp³-hybridized carbons (Fsp3) is 0.455. The Labute approximate surface area is 158 Å². The van der Waals surface area contributed by atoms with Gasteiger partial charge in [-0.2, -0.15) is 4.39 Å². The van der Waals surface area contributed by atoms with Gasteiger partial charge in [-0.3, -0.25) is 0 Å². The summed E-state index contributed by atoms with van der Waals surface area (Å²) in [5.74, 6) is -2.15. The fourth-order valence-electron chi connectivity index (χ4n) is 3.41. The molecule has 27 heavy (non-hydrogen) atoms. The van der Waals surface area contributed by atoms with Crippen molar-refractivity contribution in [2.45, 2.75) is 45.6 Å². The summed E-state index contributed by atoms with van der Waals surface area (Å²) in [4.78, 5) is 0. The lowest BCUT2D eigenvalue weighted by Crippen LogP contribution is -2.20. The maximum absolute atomic E-state index is 14.7. The van der Waals surface area contributed by atoms with E-state index in [4.69, 9.17) is 9.47 Å². The molecule has 2 aromatic rings. The van der Waals surface area contributed by atoms with E-state index in [-0.39, 0.29) is 23.0 Å². The highest BCUT2D eigenvalue weighted by Gasteiger charge is 2.25. The van der Waals surface area contributed by atoms with Crippen LogP contribution in [-0.4, -0.2) is 13.2 Å². The summed E-state index contributed by atoms with van der Waals surface area (Å²) in [6, 6.07) is 7.26. The van der Waals surface area contributed by atoms with Crippen molar-refractivity contribution in [3.8, 4) is 16.9 Å². The minimum absolute atomic E-state index is 0.0115. The lowest BCUT2D eigenvalue weighted by atomic mass is 9.92. The molecule has 0 radical (unpaired) electrons. The molecule has 1 saturated heterocycles. The first-order valence-corrected chi connectivity index (χ1v) is 9.57. The zero-order chi connectivity index (χ0) is 19.4. The molecular formula is C22H25F3O2. The molecule has 1 fully saturated rings. The molecule has 0 aliphatic carbocycles. The second kappa shape index (κ2) is 8.79. The average Bonchev–Trinajstić information content (AvgIpc) is 2.69. The minimum Gasteiger partial charge on any atom is -0.490 e. The number of hydrogen-bond donors (Lipinski definition) is 0. The Morgan fingerprint density at radius 2 is 1.85 bits per heavy atom. The van der Waals surface area contributed by atoms with Gasteiger partial charge in [-0.1, -0.05) is 32.4 Å².